The normalized spacial score (nSPS) is 13.8. The molecule has 0 saturated heterocycles. The van der Waals surface area contributed by atoms with Crippen molar-refractivity contribution in [3.63, 3.8) is 0 Å². The summed E-state index contributed by atoms with van der Waals surface area (Å²) in [5, 5.41) is 12.4. The van der Waals surface area contributed by atoms with Crippen LogP contribution < -0.4 is 14.8 Å². The van der Waals surface area contributed by atoms with E-state index in [1.807, 2.05) is 48.5 Å². The number of carbonyl (C=O) groups excluding carboxylic acids is 1. The first-order chi connectivity index (χ1) is 14.1. The molecular formula is C23H25InNO4. The maximum absolute atomic E-state index is 13.4. The zero-order valence-corrected chi connectivity index (χ0v) is 20.0. The Balaban J connectivity index is 1.89. The van der Waals surface area contributed by atoms with Crippen LogP contribution in [-0.4, -0.2) is 54.6 Å². The Hall–Kier alpha value is -2.18. The molecule has 0 spiro atoms. The molecule has 29 heavy (non-hydrogen) atoms. The molecule has 2 aromatic carbocycles. The minimum absolute atomic E-state index is 0.0586. The fourth-order valence-corrected chi connectivity index (χ4v) is 6.97. The molecule has 1 aliphatic heterocycles. The third-order valence-electron chi connectivity index (χ3n) is 4.78. The summed E-state index contributed by atoms with van der Waals surface area (Å²) in [5.41, 5.74) is 2.45. The number of ketones is 1. The van der Waals surface area contributed by atoms with E-state index in [1.165, 1.54) is 3.33 Å². The van der Waals surface area contributed by atoms with Crippen LogP contribution in [0.1, 0.15) is 24.4 Å². The average Bonchev–Trinajstić information content (AvgIpc) is 3.25. The van der Waals surface area contributed by atoms with Gasteiger partial charge in [-0.15, -0.1) is 0 Å². The van der Waals surface area contributed by atoms with Crippen LogP contribution >= 0.6 is 0 Å². The van der Waals surface area contributed by atoms with Gasteiger partial charge in [-0.2, -0.15) is 0 Å². The Morgan fingerprint density at radius 1 is 1.10 bits per heavy atom. The van der Waals surface area contributed by atoms with Crippen LogP contribution in [-0.2, 0) is 4.79 Å². The van der Waals surface area contributed by atoms with Crippen molar-refractivity contribution in [3.8, 4) is 11.5 Å². The summed E-state index contributed by atoms with van der Waals surface area (Å²) in [6.45, 7) is 0.190. The fourth-order valence-electron chi connectivity index (χ4n) is 3.25. The van der Waals surface area contributed by atoms with Crippen molar-refractivity contribution in [2.45, 2.75) is 18.9 Å². The quantitative estimate of drug-likeness (QED) is 0.528. The molecule has 0 aliphatic carbocycles. The summed E-state index contributed by atoms with van der Waals surface area (Å²) >= 11 is -1.04. The van der Waals surface area contributed by atoms with Gasteiger partial charge < -0.3 is 0 Å². The molecule has 5 nitrogen and oxygen atoms in total. The number of carbonyl (C=O) groups is 1. The van der Waals surface area contributed by atoms with Gasteiger partial charge in [-0.1, -0.05) is 0 Å². The number of allylic oxidation sites excluding steroid dienone is 2. The minimum atomic E-state index is -1.04. The van der Waals surface area contributed by atoms with Gasteiger partial charge in [0.1, 0.15) is 0 Å². The molecule has 1 unspecified atom stereocenters. The summed E-state index contributed by atoms with van der Waals surface area (Å²) in [6, 6.07) is 14.7. The number of benzene rings is 2. The molecule has 0 bridgehead atoms. The number of ether oxygens (including phenoxy) is 2. The van der Waals surface area contributed by atoms with Crippen LogP contribution in [0.15, 0.2) is 67.3 Å². The van der Waals surface area contributed by atoms with E-state index in [1.54, 1.807) is 20.3 Å². The zero-order chi connectivity index (χ0) is 20.6. The molecule has 0 aromatic heterocycles. The van der Waals surface area contributed by atoms with Gasteiger partial charge in [0, 0.05) is 0 Å². The van der Waals surface area contributed by atoms with Gasteiger partial charge in [-0.05, 0) is 0 Å². The Bertz CT molecular complexity index is 886. The second kappa shape index (κ2) is 10.6. The second-order valence-corrected chi connectivity index (χ2v) is 10.8. The van der Waals surface area contributed by atoms with Crippen molar-refractivity contribution >= 4 is 34.4 Å². The number of aliphatic hydroxyl groups is 1. The summed E-state index contributed by atoms with van der Waals surface area (Å²) in [5.74, 6) is 1.38. The topological polar surface area (TPSA) is 67.8 Å². The van der Waals surface area contributed by atoms with Crippen molar-refractivity contribution in [3.05, 3.63) is 72.9 Å². The van der Waals surface area contributed by atoms with Crippen LogP contribution in [0.5, 0.6) is 11.5 Å². The van der Waals surface area contributed by atoms with Gasteiger partial charge in [0.05, 0.1) is 0 Å². The Kier molecular flexibility index (Phi) is 7.84. The van der Waals surface area contributed by atoms with E-state index in [-0.39, 0.29) is 12.4 Å². The number of nitrogens with one attached hydrogen (secondary N) is 1. The molecule has 149 valence electrons. The monoisotopic (exact) mass is 494 g/mol. The standard InChI is InChI=1S/C23H25NO4.In/c1-17(10-6-5-9-13-25)23(26)22(18-11-7-4-8-12-18)24-19-14-20(27-2)16-21(15-19)28-3;/h1,4,7-8,10-12,14-16,22,24-25H,5,9,13H2,2-3H3;. The van der Waals surface area contributed by atoms with Crippen LogP contribution in [0.25, 0.3) is 0 Å². The molecule has 1 atom stereocenters. The summed E-state index contributed by atoms with van der Waals surface area (Å²) in [7, 11) is 3.21. The van der Waals surface area contributed by atoms with Crippen LogP contribution in [0.3, 0.4) is 0 Å². The number of methoxy groups -OCH3 is 2. The maximum atomic E-state index is 13.4. The Morgan fingerprint density at radius 2 is 1.79 bits per heavy atom. The molecule has 1 radical (unpaired) electrons. The molecule has 0 amide bonds. The van der Waals surface area contributed by atoms with Crippen LogP contribution in [0.4, 0.5) is 5.69 Å². The van der Waals surface area contributed by atoms with E-state index in [2.05, 4.69) is 9.15 Å². The van der Waals surface area contributed by atoms with Gasteiger partial charge in [0.2, 0.25) is 0 Å². The predicted molar refractivity (Wildman–Crippen MR) is 116 cm³/mol. The van der Waals surface area contributed by atoms with Crippen molar-refractivity contribution in [1.82, 2.24) is 0 Å². The summed E-state index contributed by atoms with van der Waals surface area (Å²) in [6.07, 6.45) is 3.70. The van der Waals surface area contributed by atoms with E-state index in [0.717, 1.165) is 29.7 Å². The molecule has 0 fully saturated rings. The molecule has 2 N–H and O–H groups in total. The van der Waals surface area contributed by atoms with Gasteiger partial charge in [-0.25, -0.2) is 0 Å². The first-order valence-electron chi connectivity index (χ1n) is 9.60. The van der Waals surface area contributed by atoms with E-state index in [4.69, 9.17) is 14.6 Å². The van der Waals surface area contributed by atoms with Gasteiger partial charge >= 0.3 is 183 Å². The van der Waals surface area contributed by atoms with Gasteiger partial charge in [0.25, 0.3) is 0 Å². The number of hydrogen-bond acceptors (Lipinski definition) is 5. The Labute approximate surface area is 182 Å². The summed E-state index contributed by atoms with van der Waals surface area (Å²) < 4.78 is 14.2. The van der Waals surface area contributed by atoms with Crippen LogP contribution in [0, 0.1) is 0 Å². The third kappa shape index (κ3) is 5.67. The number of hydrogen-bond donors (Lipinski definition) is 2. The van der Waals surface area contributed by atoms with E-state index < -0.39 is 28.9 Å². The molecule has 0 saturated carbocycles. The number of anilines is 1. The second-order valence-electron chi connectivity index (χ2n) is 6.79. The molecular weight excluding hydrogens is 469 g/mol. The summed E-state index contributed by atoms with van der Waals surface area (Å²) in [4.78, 5) is 13.4. The van der Waals surface area contributed by atoms with Crippen molar-refractivity contribution < 1.29 is 19.4 Å². The van der Waals surface area contributed by atoms with Crippen molar-refractivity contribution in [2.24, 2.45) is 0 Å². The molecule has 2 aromatic rings. The molecule has 1 aliphatic rings. The molecule has 1 heterocycles. The number of rotatable bonds is 10. The van der Waals surface area contributed by atoms with E-state index in [9.17, 15) is 4.79 Å². The zero-order valence-electron chi connectivity index (χ0n) is 16.7. The van der Waals surface area contributed by atoms with Crippen molar-refractivity contribution in [2.75, 3.05) is 26.1 Å². The SMILES string of the molecule is COc1cc(NC(C(=O)C2=[CH][In][C](CCCO)=C2)c2ccccc2)cc(OC)c1. The first kappa shape index (κ1) is 21.5. The van der Waals surface area contributed by atoms with Gasteiger partial charge in [0.15, 0.2) is 0 Å². The fraction of sp³-hybridized carbons (Fsp3) is 0.261. The first-order valence-corrected chi connectivity index (χ1v) is 13.1. The molecule has 3 rings (SSSR count). The number of Topliss-reactive ketones (excluding diaryl/α,β-unsaturated/α-hetero) is 1. The Morgan fingerprint density at radius 3 is 2.41 bits per heavy atom. The van der Waals surface area contributed by atoms with E-state index >= 15 is 0 Å². The molecule has 6 heteroatoms. The van der Waals surface area contributed by atoms with Crippen LogP contribution in [0.2, 0.25) is 0 Å². The predicted octanol–water partition coefficient (Wildman–Crippen LogP) is 3.68. The average molecular weight is 494 g/mol. The van der Waals surface area contributed by atoms with E-state index in [0.29, 0.717) is 11.5 Å². The van der Waals surface area contributed by atoms with Gasteiger partial charge in [-0.3, -0.25) is 0 Å². The van der Waals surface area contributed by atoms with Crippen molar-refractivity contribution in [1.29, 1.82) is 0 Å². The third-order valence-corrected chi connectivity index (χ3v) is 8.81. The number of aliphatic hydroxyl groups excluding tert-OH is 1.